The van der Waals surface area contributed by atoms with Gasteiger partial charge in [0.05, 0.1) is 0 Å². The summed E-state index contributed by atoms with van der Waals surface area (Å²) in [6.45, 7) is 3.68. The van der Waals surface area contributed by atoms with Crippen LogP contribution in [0.4, 0.5) is 0 Å². The number of hydrogen-bond acceptors (Lipinski definition) is 3. The van der Waals surface area contributed by atoms with Gasteiger partial charge in [-0.15, -0.1) is 0 Å². The third-order valence-electron chi connectivity index (χ3n) is 2.44. The van der Waals surface area contributed by atoms with Crippen LogP contribution in [0, 0.1) is 0 Å². The Hall–Kier alpha value is -0.120. The molecule has 11 heavy (non-hydrogen) atoms. The molecule has 0 unspecified atom stereocenters. The first-order chi connectivity index (χ1) is 5.24. The highest BCUT2D eigenvalue weighted by Crippen LogP contribution is 2.08. The number of piperazine rings is 1. The molecule has 3 heteroatoms. The number of aliphatic hydroxyl groups is 1. The molecule has 0 radical (unpaired) electrons. The van der Waals surface area contributed by atoms with Crippen LogP contribution in [-0.2, 0) is 0 Å². The molecule has 3 nitrogen and oxygen atoms in total. The molecular formula is C8H18N2O. The maximum absolute atomic E-state index is 8.78. The van der Waals surface area contributed by atoms with E-state index >= 15 is 0 Å². The molecule has 1 aliphatic rings. The maximum atomic E-state index is 8.78. The predicted octanol–water partition coefficient (Wildman–Crippen LogP) is -0.385. The molecule has 1 aliphatic heterocycles. The van der Waals surface area contributed by atoms with E-state index in [2.05, 4.69) is 23.9 Å². The van der Waals surface area contributed by atoms with Gasteiger partial charge in [0, 0.05) is 32.3 Å². The lowest BCUT2D eigenvalue weighted by molar-refractivity contribution is 0.0941. The van der Waals surface area contributed by atoms with Gasteiger partial charge in [0.25, 0.3) is 0 Å². The van der Waals surface area contributed by atoms with Crippen molar-refractivity contribution in [3.05, 3.63) is 0 Å². The molecule has 0 aromatic carbocycles. The zero-order chi connectivity index (χ0) is 8.27. The van der Waals surface area contributed by atoms with Crippen molar-refractivity contribution in [1.29, 1.82) is 0 Å². The molecule has 1 N–H and O–H groups in total. The van der Waals surface area contributed by atoms with Crippen molar-refractivity contribution in [2.45, 2.75) is 12.5 Å². The summed E-state index contributed by atoms with van der Waals surface area (Å²) < 4.78 is 0. The molecule has 1 heterocycles. The maximum Gasteiger partial charge on any atom is 0.0446 e. The van der Waals surface area contributed by atoms with Gasteiger partial charge in [0.1, 0.15) is 0 Å². The van der Waals surface area contributed by atoms with E-state index in [1.807, 2.05) is 0 Å². The monoisotopic (exact) mass is 158 g/mol. The minimum atomic E-state index is 0.308. The van der Waals surface area contributed by atoms with Crippen molar-refractivity contribution in [2.24, 2.45) is 0 Å². The van der Waals surface area contributed by atoms with Crippen LogP contribution < -0.4 is 0 Å². The molecule has 1 rings (SSSR count). The second-order valence-electron chi connectivity index (χ2n) is 3.41. The Kier molecular flexibility index (Phi) is 3.30. The van der Waals surface area contributed by atoms with E-state index in [0.717, 1.165) is 26.1 Å². The zero-order valence-electron chi connectivity index (χ0n) is 7.45. The number of nitrogens with zero attached hydrogens (tertiary/aromatic N) is 2. The van der Waals surface area contributed by atoms with Gasteiger partial charge < -0.3 is 14.9 Å². The van der Waals surface area contributed by atoms with Gasteiger partial charge in [0.15, 0.2) is 0 Å². The number of hydrogen-bond donors (Lipinski definition) is 1. The fourth-order valence-corrected chi connectivity index (χ4v) is 1.56. The van der Waals surface area contributed by atoms with Gasteiger partial charge in [-0.2, -0.15) is 0 Å². The average Bonchev–Trinajstić information content (AvgIpc) is 1.98. The second-order valence-corrected chi connectivity index (χ2v) is 3.41. The summed E-state index contributed by atoms with van der Waals surface area (Å²) in [5.74, 6) is 0. The lowest BCUT2D eigenvalue weighted by Gasteiger charge is -2.37. The molecule has 0 amide bonds. The van der Waals surface area contributed by atoms with E-state index in [0.29, 0.717) is 12.6 Å². The van der Waals surface area contributed by atoms with E-state index in [-0.39, 0.29) is 0 Å². The molecule has 1 atom stereocenters. The minimum Gasteiger partial charge on any atom is -0.396 e. The third-order valence-corrected chi connectivity index (χ3v) is 2.44. The quantitative estimate of drug-likeness (QED) is 0.593. The number of likely N-dealkylation sites (N-methyl/N-ethyl adjacent to an activating group) is 2. The summed E-state index contributed by atoms with van der Waals surface area (Å²) >= 11 is 0. The molecule has 1 saturated heterocycles. The Labute approximate surface area is 68.6 Å². The van der Waals surface area contributed by atoms with Crippen LogP contribution in [0.2, 0.25) is 0 Å². The number of rotatable bonds is 2. The van der Waals surface area contributed by atoms with E-state index in [1.165, 1.54) is 0 Å². The predicted molar refractivity (Wildman–Crippen MR) is 45.6 cm³/mol. The lowest BCUT2D eigenvalue weighted by atomic mass is 10.1. The Morgan fingerprint density at radius 1 is 1.36 bits per heavy atom. The second kappa shape index (κ2) is 4.04. The summed E-state index contributed by atoms with van der Waals surface area (Å²) in [4.78, 5) is 4.65. The molecule has 0 bridgehead atoms. The van der Waals surface area contributed by atoms with Crippen LogP contribution in [0.1, 0.15) is 6.42 Å². The van der Waals surface area contributed by atoms with E-state index in [4.69, 9.17) is 5.11 Å². The number of aliphatic hydroxyl groups excluding tert-OH is 1. The highest BCUT2D eigenvalue weighted by atomic mass is 16.3. The van der Waals surface area contributed by atoms with Crippen molar-refractivity contribution in [2.75, 3.05) is 40.3 Å². The lowest BCUT2D eigenvalue weighted by Crippen LogP contribution is -2.50. The Morgan fingerprint density at radius 2 is 2.09 bits per heavy atom. The molecule has 0 aromatic rings. The van der Waals surface area contributed by atoms with Crippen molar-refractivity contribution < 1.29 is 5.11 Å². The Balaban J connectivity index is 2.34. The molecule has 66 valence electrons. The van der Waals surface area contributed by atoms with Crippen molar-refractivity contribution in [3.8, 4) is 0 Å². The highest BCUT2D eigenvalue weighted by Gasteiger charge is 2.20. The average molecular weight is 158 g/mol. The van der Waals surface area contributed by atoms with Gasteiger partial charge in [-0.25, -0.2) is 0 Å². The summed E-state index contributed by atoms with van der Waals surface area (Å²) in [7, 11) is 4.27. The Morgan fingerprint density at radius 3 is 2.73 bits per heavy atom. The van der Waals surface area contributed by atoms with Gasteiger partial charge in [-0.3, -0.25) is 0 Å². The van der Waals surface area contributed by atoms with Crippen molar-refractivity contribution >= 4 is 0 Å². The topological polar surface area (TPSA) is 26.7 Å². The summed E-state index contributed by atoms with van der Waals surface area (Å²) in [5, 5.41) is 8.78. The van der Waals surface area contributed by atoms with Crippen LogP contribution in [0.5, 0.6) is 0 Å². The van der Waals surface area contributed by atoms with Gasteiger partial charge >= 0.3 is 0 Å². The fraction of sp³-hybridized carbons (Fsp3) is 1.00. The van der Waals surface area contributed by atoms with E-state index < -0.39 is 0 Å². The van der Waals surface area contributed by atoms with Crippen LogP contribution in [-0.4, -0.2) is 61.3 Å². The molecule has 0 aromatic heterocycles. The van der Waals surface area contributed by atoms with Gasteiger partial charge in [0.2, 0.25) is 0 Å². The van der Waals surface area contributed by atoms with Crippen LogP contribution in [0.25, 0.3) is 0 Å². The normalized spacial score (nSPS) is 29.2. The van der Waals surface area contributed by atoms with E-state index in [1.54, 1.807) is 0 Å². The van der Waals surface area contributed by atoms with Crippen LogP contribution >= 0.6 is 0 Å². The summed E-state index contributed by atoms with van der Waals surface area (Å²) in [6.07, 6.45) is 0.904. The Bertz CT molecular complexity index is 119. The van der Waals surface area contributed by atoms with Crippen LogP contribution in [0.3, 0.4) is 0 Å². The summed E-state index contributed by atoms with van der Waals surface area (Å²) in [5.41, 5.74) is 0. The molecule has 0 spiro atoms. The van der Waals surface area contributed by atoms with Crippen molar-refractivity contribution in [3.63, 3.8) is 0 Å². The standard InChI is InChI=1S/C8H18N2O/c1-9-4-5-10(2)8(7-9)3-6-11/h8,11H,3-7H2,1-2H3/t8-/m0/s1. The fourth-order valence-electron chi connectivity index (χ4n) is 1.56. The van der Waals surface area contributed by atoms with Gasteiger partial charge in [-0.1, -0.05) is 0 Å². The first-order valence-electron chi connectivity index (χ1n) is 4.23. The molecule has 0 aliphatic carbocycles. The zero-order valence-corrected chi connectivity index (χ0v) is 7.45. The molecular weight excluding hydrogens is 140 g/mol. The molecule has 1 fully saturated rings. The highest BCUT2D eigenvalue weighted by molar-refractivity contribution is 4.77. The summed E-state index contributed by atoms with van der Waals surface area (Å²) in [6, 6.07) is 0.554. The first kappa shape index (κ1) is 8.97. The van der Waals surface area contributed by atoms with Crippen molar-refractivity contribution in [1.82, 2.24) is 9.80 Å². The smallest absolute Gasteiger partial charge is 0.0446 e. The minimum absolute atomic E-state index is 0.308. The largest absolute Gasteiger partial charge is 0.396 e. The SMILES string of the molecule is CN1CCN(C)[C@@H](CCO)C1. The third kappa shape index (κ3) is 2.43. The van der Waals surface area contributed by atoms with Crippen LogP contribution in [0.15, 0.2) is 0 Å². The molecule has 0 saturated carbocycles. The van der Waals surface area contributed by atoms with E-state index in [9.17, 15) is 0 Å². The first-order valence-corrected chi connectivity index (χ1v) is 4.23. The van der Waals surface area contributed by atoms with Gasteiger partial charge in [-0.05, 0) is 20.5 Å².